The highest BCUT2D eigenvalue weighted by atomic mass is 35.5. The van der Waals surface area contributed by atoms with Crippen molar-refractivity contribution in [1.29, 1.82) is 0 Å². The van der Waals surface area contributed by atoms with Gasteiger partial charge in [-0.1, -0.05) is 23.2 Å². The molecule has 0 saturated carbocycles. The largest absolute Gasteiger partial charge is 0.311 e. The van der Waals surface area contributed by atoms with Crippen LogP contribution in [0.5, 0.6) is 0 Å². The number of nitrogens with one attached hydrogen (secondary N) is 1. The quantitative estimate of drug-likeness (QED) is 0.778. The second-order valence-corrected chi connectivity index (χ2v) is 5.00. The van der Waals surface area contributed by atoms with Gasteiger partial charge in [0, 0.05) is 46.0 Å². The zero-order chi connectivity index (χ0) is 9.56. The summed E-state index contributed by atoms with van der Waals surface area (Å²) in [7, 11) is -0.785. The average Bonchev–Trinajstić information content (AvgIpc) is 2.03. The first-order valence-electron chi connectivity index (χ1n) is 3.55. The van der Waals surface area contributed by atoms with Gasteiger partial charge < -0.3 is 5.32 Å². The number of hydrogen-bond donors (Lipinski definition) is 1. The highest BCUT2D eigenvalue weighted by Gasteiger charge is 2.04. The lowest BCUT2D eigenvalue weighted by Crippen LogP contribution is -2.28. The Labute approximate surface area is 85.8 Å². The molecule has 0 aromatic heterocycles. The zero-order valence-electron chi connectivity index (χ0n) is 7.14. The van der Waals surface area contributed by atoms with Crippen molar-refractivity contribution in [3.63, 3.8) is 0 Å². The van der Waals surface area contributed by atoms with Crippen molar-refractivity contribution in [3.05, 3.63) is 10.6 Å². The standard InChI is InChI=1S/C7H13Cl2NOS/c1-6(12(2)11)4-10-5-7(9)3-8/h3,6,10H,4-5H2,1-2H3. The summed E-state index contributed by atoms with van der Waals surface area (Å²) in [5.74, 6) is 0. The Morgan fingerprint density at radius 1 is 1.75 bits per heavy atom. The minimum atomic E-state index is -0.785. The summed E-state index contributed by atoms with van der Waals surface area (Å²) in [6.07, 6.45) is 1.69. The van der Waals surface area contributed by atoms with Crippen LogP contribution in [0.1, 0.15) is 6.92 Å². The summed E-state index contributed by atoms with van der Waals surface area (Å²) in [4.78, 5) is 0. The summed E-state index contributed by atoms with van der Waals surface area (Å²) < 4.78 is 10.9. The Balaban J connectivity index is 3.50. The third kappa shape index (κ3) is 6.00. The van der Waals surface area contributed by atoms with Gasteiger partial charge in [-0.3, -0.25) is 4.21 Å². The first kappa shape index (κ1) is 12.4. The molecule has 0 aliphatic heterocycles. The molecule has 2 unspecified atom stereocenters. The van der Waals surface area contributed by atoms with Crippen LogP contribution in [0.15, 0.2) is 10.6 Å². The van der Waals surface area contributed by atoms with Crippen molar-refractivity contribution in [2.75, 3.05) is 19.3 Å². The maximum Gasteiger partial charge on any atom is 0.0441 e. The maximum atomic E-state index is 10.9. The maximum absolute atomic E-state index is 10.9. The van der Waals surface area contributed by atoms with E-state index >= 15 is 0 Å². The first-order valence-corrected chi connectivity index (χ1v) is 5.99. The third-order valence-corrected chi connectivity index (χ3v) is 3.33. The lowest BCUT2D eigenvalue weighted by molar-refractivity contribution is 0.662. The third-order valence-electron chi connectivity index (χ3n) is 1.41. The van der Waals surface area contributed by atoms with E-state index in [2.05, 4.69) is 5.32 Å². The molecule has 0 aromatic carbocycles. The molecule has 72 valence electrons. The molecule has 12 heavy (non-hydrogen) atoms. The summed E-state index contributed by atoms with van der Waals surface area (Å²) in [6, 6.07) is 0. The van der Waals surface area contributed by atoms with Crippen LogP contribution in [0.4, 0.5) is 0 Å². The second kappa shape index (κ2) is 6.89. The van der Waals surface area contributed by atoms with E-state index in [0.29, 0.717) is 18.1 Å². The van der Waals surface area contributed by atoms with Crippen molar-refractivity contribution in [2.24, 2.45) is 0 Å². The van der Waals surface area contributed by atoms with Crippen molar-refractivity contribution in [3.8, 4) is 0 Å². The molecule has 0 spiro atoms. The van der Waals surface area contributed by atoms with E-state index in [1.807, 2.05) is 6.92 Å². The Morgan fingerprint density at radius 3 is 2.75 bits per heavy atom. The van der Waals surface area contributed by atoms with Crippen LogP contribution in [-0.4, -0.2) is 28.8 Å². The van der Waals surface area contributed by atoms with Gasteiger partial charge >= 0.3 is 0 Å². The Bertz CT molecular complexity index is 184. The highest BCUT2D eigenvalue weighted by Crippen LogP contribution is 2.00. The van der Waals surface area contributed by atoms with E-state index in [-0.39, 0.29) is 5.25 Å². The van der Waals surface area contributed by atoms with E-state index in [9.17, 15) is 4.21 Å². The molecule has 0 saturated heterocycles. The SMILES string of the molecule is CC(CNCC(Cl)=CCl)S(C)=O. The second-order valence-electron chi connectivity index (χ2n) is 2.50. The van der Waals surface area contributed by atoms with Gasteiger partial charge in [0.25, 0.3) is 0 Å². The number of hydrogen-bond acceptors (Lipinski definition) is 2. The molecule has 5 heteroatoms. The monoisotopic (exact) mass is 229 g/mol. The Hall–Kier alpha value is 0.430. The van der Waals surface area contributed by atoms with E-state index in [4.69, 9.17) is 23.2 Å². The minimum absolute atomic E-state index is 0.143. The van der Waals surface area contributed by atoms with E-state index < -0.39 is 10.8 Å². The Kier molecular flexibility index (Phi) is 7.14. The van der Waals surface area contributed by atoms with Gasteiger partial charge in [-0.15, -0.1) is 0 Å². The van der Waals surface area contributed by atoms with Crippen LogP contribution >= 0.6 is 23.2 Å². The van der Waals surface area contributed by atoms with Crippen molar-refractivity contribution < 1.29 is 4.21 Å². The lowest BCUT2D eigenvalue weighted by Gasteiger charge is -2.08. The molecular weight excluding hydrogens is 217 g/mol. The molecule has 0 amide bonds. The number of halogens is 2. The van der Waals surface area contributed by atoms with Gasteiger partial charge in [-0.25, -0.2) is 0 Å². The fourth-order valence-electron chi connectivity index (χ4n) is 0.551. The summed E-state index contributed by atoms with van der Waals surface area (Å²) in [5.41, 5.74) is 1.32. The molecule has 0 heterocycles. The molecule has 0 radical (unpaired) electrons. The Morgan fingerprint density at radius 2 is 2.33 bits per heavy atom. The summed E-state index contributed by atoms with van der Waals surface area (Å²) in [5, 5.41) is 3.74. The van der Waals surface area contributed by atoms with Crippen LogP contribution in [0.3, 0.4) is 0 Å². The molecule has 2 nitrogen and oxygen atoms in total. The van der Waals surface area contributed by atoms with E-state index in [1.54, 1.807) is 6.26 Å². The van der Waals surface area contributed by atoms with Crippen LogP contribution in [0.2, 0.25) is 0 Å². The molecule has 0 aliphatic carbocycles. The average molecular weight is 230 g/mol. The van der Waals surface area contributed by atoms with Crippen LogP contribution in [-0.2, 0) is 10.8 Å². The molecule has 0 aromatic rings. The van der Waals surface area contributed by atoms with Gasteiger partial charge in [0.2, 0.25) is 0 Å². The van der Waals surface area contributed by atoms with Crippen LogP contribution in [0, 0.1) is 0 Å². The van der Waals surface area contributed by atoms with Gasteiger partial charge in [0.1, 0.15) is 0 Å². The van der Waals surface area contributed by atoms with Crippen molar-refractivity contribution in [2.45, 2.75) is 12.2 Å². The smallest absolute Gasteiger partial charge is 0.0441 e. The van der Waals surface area contributed by atoms with E-state index in [1.165, 1.54) is 5.54 Å². The first-order chi connectivity index (χ1) is 5.57. The van der Waals surface area contributed by atoms with Crippen LogP contribution < -0.4 is 5.32 Å². The van der Waals surface area contributed by atoms with Crippen LogP contribution in [0.25, 0.3) is 0 Å². The molecule has 0 rings (SSSR count). The molecular formula is C7H13Cl2NOS. The van der Waals surface area contributed by atoms with Gasteiger partial charge in [-0.05, 0) is 6.92 Å². The molecule has 0 bridgehead atoms. The summed E-state index contributed by atoms with van der Waals surface area (Å²) >= 11 is 11.0. The number of rotatable bonds is 5. The molecule has 0 aliphatic rings. The molecule has 0 fully saturated rings. The van der Waals surface area contributed by atoms with Gasteiger partial charge in [0.05, 0.1) is 0 Å². The zero-order valence-corrected chi connectivity index (χ0v) is 9.47. The fraction of sp³-hybridized carbons (Fsp3) is 0.714. The highest BCUT2D eigenvalue weighted by molar-refractivity contribution is 7.84. The van der Waals surface area contributed by atoms with Gasteiger partial charge in [-0.2, -0.15) is 0 Å². The van der Waals surface area contributed by atoms with Gasteiger partial charge in [0.15, 0.2) is 0 Å². The van der Waals surface area contributed by atoms with E-state index in [0.717, 1.165) is 0 Å². The van der Waals surface area contributed by atoms with Crippen molar-refractivity contribution >= 4 is 34.0 Å². The molecule has 2 atom stereocenters. The normalized spacial score (nSPS) is 17.5. The topological polar surface area (TPSA) is 29.1 Å². The lowest BCUT2D eigenvalue weighted by atomic mass is 10.4. The predicted octanol–water partition coefficient (Wildman–Crippen LogP) is 1.66. The predicted molar refractivity (Wildman–Crippen MR) is 56.2 cm³/mol. The fourth-order valence-corrected chi connectivity index (χ4v) is 1.07. The van der Waals surface area contributed by atoms with Crippen molar-refractivity contribution in [1.82, 2.24) is 5.32 Å². The summed E-state index contributed by atoms with van der Waals surface area (Å²) in [6.45, 7) is 3.14. The molecule has 1 N–H and O–H groups in total. The minimum Gasteiger partial charge on any atom is -0.311 e.